The number of aryl methyl sites for hydroxylation is 2. The molecular weight excluding hydrogens is 208 g/mol. The third-order valence-corrected chi connectivity index (χ3v) is 3.10. The fourth-order valence-electron chi connectivity index (χ4n) is 2.17. The normalized spacial score (nSPS) is 11.6. The molecule has 0 N–H and O–H groups in total. The molecule has 0 aliphatic rings. The van der Waals surface area contributed by atoms with Crippen LogP contribution in [0.2, 0.25) is 0 Å². The Morgan fingerprint density at radius 2 is 1.88 bits per heavy atom. The summed E-state index contributed by atoms with van der Waals surface area (Å²) in [7, 11) is 0. The molecule has 0 saturated heterocycles. The lowest BCUT2D eigenvalue weighted by Gasteiger charge is -2.22. The Balaban J connectivity index is 2.79. The highest BCUT2D eigenvalue weighted by atomic mass is 16.1. The summed E-state index contributed by atoms with van der Waals surface area (Å²) in [6.07, 6.45) is 2.66. The molecule has 0 aliphatic heterocycles. The van der Waals surface area contributed by atoms with Gasteiger partial charge in [-0.2, -0.15) is 0 Å². The van der Waals surface area contributed by atoms with Crippen LogP contribution in [0.3, 0.4) is 0 Å². The molecule has 17 heavy (non-hydrogen) atoms. The highest BCUT2D eigenvalue weighted by Gasteiger charge is 2.16. The third kappa shape index (κ3) is 4.33. The molecule has 0 amide bonds. The van der Waals surface area contributed by atoms with E-state index in [0.29, 0.717) is 6.42 Å². The van der Waals surface area contributed by atoms with Crippen molar-refractivity contribution in [2.24, 2.45) is 0 Å². The van der Waals surface area contributed by atoms with Crippen molar-refractivity contribution in [3.05, 3.63) is 34.9 Å². The standard InChI is InChI=1S/C16H24O/c1-12-9-10-14(8-6-7-13(2)17)11-15(12)16(3,4)5/h9-11H,6-8H2,1-5H3. The van der Waals surface area contributed by atoms with Gasteiger partial charge < -0.3 is 4.79 Å². The van der Waals surface area contributed by atoms with Crippen molar-refractivity contribution < 1.29 is 4.79 Å². The monoisotopic (exact) mass is 232 g/mol. The first-order valence-corrected chi connectivity index (χ1v) is 6.40. The molecule has 0 atom stereocenters. The summed E-state index contributed by atoms with van der Waals surface area (Å²) in [4.78, 5) is 10.9. The molecule has 0 bridgehead atoms. The van der Waals surface area contributed by atoms with Gasteiger partial charge in [-0.1, -0.05) is 39.0 Å². The van der Waals surface area contributed by atoms with E-state index in [1.807, 2.05) is 0 Å². The Morgan fingerprint density at radius 1 is 1.24 bits per heavy atom. The number of hydrogen-bond donors (Lipinski definition) is 0. The minimum absolute atomic E-state index is 0.195. The van der Waals surface area contributed by atoms with Gasteiger partial charge in [0.2, 0.25) is 0 Å². The largest absolute Gasteiger partial charge is 0.300 e. The maximum absolute atomic E-state index is 10.9. The average Bonchev–Trinajstić information content (AvgIpc) is 2.18. The van der Waals surface area contributed by atoms with Crippen LogP contribution in [0.1, 0.15) is 57.2 Å². The molecule has 94 valence electrons. The van der Waals surface area contributed by atoms with Crippen molar-refractivity contribution in [3.8, 4) is 0 Å². The van der Waals surface area contributed by atoms with Crippen LogP contribution in [0.15, 0.2) is 18.2 Å². The van der Waals surface area contributed by atoms with E-state index < -0.39 is 0 Å². The molecule has 0 aromatic heterocycles. The molecule has 0 heterocycles. The summed E-state index contributed by atoms with van der Waals surface area (Å²) < 4.78 is 0. The van der Waals surface area contributed by atoms with Gasteiger partial charge in [0, 0.05) is 6.42 Å². The van der Waals surface area contributed by atoms with Crippen LogP contribution in [-0.4, -0.2) is 5.78 Å². The van der Waals surface area contributed by atoms with E-state index in [1.165, 1.54) is 16.7 Å². The van der Waals surface area contributed by atoms with Crippen LogP contribution in [0, 0.1) is 6.92 Å². The third-order valence-electron chi connectivity index (χ3n) is 3.10. The zero-order chi connectivity index (χ0) is 13.1. The summed E-state index contributed by atoms with van der Waals surface area (Å²) in [5.74, 6) is 0.285. The fraction of sp³-hybridized carbons (Fsp3) is 0.562. The van der Waals surface area contributed by atoms with Crippen LogP contribution in [0.4, 0.5) is 0 Å². The van der Waals surface area contributed by atoms with E-state index in [0.717, 1.165) is 12.8 Å². The van der Waals surface area contributed by atoms with Gasteiger partial charge in [0.05, 0.1) is 0 Å². The highest BCUT2D eigenvalue weighted by Crippen LogP contribution is 2.26. The summed E-state index contributed by atoms with van der Waals surface area (Å²) in [6.45, 7) is 10.6. The maximum Gasteiger partial charge on any atom is 0.129 e. The molecular formula is C16H24O. The van der Waals surface area contributed by atoms with Crippen molar-refractivity contribution in [1.29, 1.82) is 0 Å². The van der Waals surface area contributed by atoms with E-state index >= 15 is 0 Å². The van der Waals surface area contributed by atoms with Crippen molar-refractivity contribution in [2.75, 3.05) is 0 Å². The van der Waals surface area contributed by atoms with E-state index in [2.05, 4.69) is 45.9 Å². The maximum atomic E-state index is 10.9. The minimum Gasteiger partial charge on any atom is -0.300 e. The molecule has 0 aliphatic carbocycles. The lowest BCUT2D eigenvalue weighted by atomic mass is 9.83. The van der Waals surface area contributed by atoms with Crippen molar-refractivity contribution in [2.45, 2.75) is 59.3 Å². The second kappa shape index (κ2) is 5.48. The first-order chi connectivity index (χ1) is 7.80. The fourth-order valence-corrected chi connectivity index (χ4v) is 2.17. The van der Waals surface area contributed by atoms with Gasteiger partial charge in [-0.3, -0.25) is 0 Å². The average molecular weight is 232 g/mol. The van der Waals surface area contributed by atoms with Gasteiger partial charge in [0.1, 0.15) is 5.78 Å². The van der Waals surface area contributed by atoms with Crippen LogP contribution < -0.4 is 0 Å². The van der Waals surface area contributed by atoms with Gasteiger partial charge in [-0.05, 0) is 48.8 Å². The van der Waals surface area contributed by atoms with Gasteiger partial charge in [-0.25, -0.2) is 0 Å². The number of carbonyl (C=O) groups excluding carboxylic acids is 1. The molecule has 1 nitrogen and oxygen atoms in total. The lowest BCUT2D eigenvalue weighted by Crippen LogP contribution is -2.13. The molecule has 1 aromatic carbocycles. The van der Waals surface area contributed by atoms with E-state index in [-0.39, 0.29) is 11.2 Å². The van der Waals surface area contributed by atoms with Crippen molar-refractivity contribution >= 4 is 5.78 Å². The molecule has 0 radical (unpaired) electrons. The predicted octanol–water partition coefficient (Wildman–Crippen LogP) is 4.20. The Morgan fingerprint density at radius 3 is 2.41 bits per heavy atom. The second-order valence-corrected chi connectivity index (χ2v) is 5.95. The summed E-state index contributed by atoms with van der Waals surface area (Å²) in [5.41, 5.74) is 4.31. The Bertz CT molecular complexity index is 396. The van der Waals surface area contributed by atoms with E-state index in [4.69, 9.17) is 0 Å². The Hall–Kier alpha value is -1.11. The van der Waals surface area contributed by atoms with Crippen LogP contribution in [-0.2, 0) is 16.6 Å². The number of carbonyl (C=O) groups is 1. The number of rotatable bonds is 4. The molecule has 0 spiro atoms. The van der Waals surface area contributed by atoms with Crippen LogP contribution >= 0.6 is 0 Å². The highest BCUT2D eigenvalue weighted by molar-refractivity contribution is 5.75. The number of hydrogen-bond acceptors (Lipinski definition) is 1. The van der Waals surface area contributed by atoms with Gasteiger partial charge >= 0.3 is 0 Å². The molecule has 0 unspecified atom stereocenters. The van der Waals surface area contributed by atoms with Gasteiger partial charge in [-0.15, -0.1) is 0 Å². The van der Waals surface area contributed by atoms with Crippen molar-refractivity contribution in [1.82, 2.24) is 0 Å². The quantitative estimate of drug-likeness (QED) is 0.760. The van der Waals surface area contributed by atoms with E-state index in [1.54, 1.807) is 6.92 Å². The van der Waals surface area contributed by atoms with Crippen molar-refractivity contribution in [3.63, 3.8) is 0 Å². The predicted molar refractivity (Wildman–Crippen MR) is 73.5 cm³/mol. The second-order valence-electron chi connectivity index (χ2n) is 5.95. The van der Waals surface area contributed by atoms with Crippen LogP contribution in [0.5, 0.6) is 0 Å². The zero-order valence-electron chi connectivity index (χ0n) is 11.8. The number of benzene rings is 1. The van der Waals surface area contributed by atoms with Gasteiger partial charge in [0.25, 0.3) is 0 Å². The van der Waals surface area contributed by atoms with Crippen LogP contribution in [0.25, 0.3) is 0 Å². The Labute approximate surface area is 105 Å². The number of ketones is 1. The zero-order valence-corrected chi connectivity index (χ0v) is 11.8. The number of Topliss-reactive ketones (excluding diaryl/α,β-unsaturated/α-hetero) is 1. The van der Waals surface area contributed by atoms with Gasteiger partial charge in [0.15, 0.2) is 0 Å². The first-order valence-electron chi connectivity index (χ1n) is 6.40. The molecule has 1 heteroatoms. The summed E-state index contributed by atoms with van der Waals surface area (Å²) in [6, 6.07) is 6.68. The van der Waals surface area contributed by atoms with E-state index in [9.17, 15) is 4.79 Å². The Kier molecular flexibility index (Phi) is 4.50. The molecule has 0 fully saturated rings. The smallest absolute Gasteiger partial charge is 0.129 e. The SMILES string of the molecule is CC(=O)CCCc1ccc(C)c(C(C)(C)C)c1. The first kappa shape index (κ1) is 14.0. The molecule has 1 aromatic rings. The minimum atomic E-state index is 0.195. The molecule has 1 rings (SSSR count). The molecule has 0 saturated carbocycles. The summed E-state index contributed by atoms with van der Waals surface area (Å²) >= 11 is 0. The lowest BCUT2D eigenvalue weighted by molar-refractivity contribution is -0.117. The summed E-state index contributed by atoms with van der Waals surface area (Å²) in [5, 5.41) is 0. The topological polar surface area (TPSA) is 17.1 Å².